The van der Waals surface area contributed by atoms with Gasteiger partial charge in [-0.25, -0.2) is 4.79 Å². The summed E-state index contributed by atoms with van der Waals surface area (Å²) in [6.07, 6.45) is 0.615. The number of rotatable bonds is 8. The van der Waals surface area contributed by atoms with Crippen LogP contribution >= 0.6 is 11.6 Å². The monoisotopic (exact) mass is 481 g/mol. The van der Waals surface area contributed by atoms with Crippen LogP contribution in [0.5, 0.6) is 17.2 Å². The number of urea groups is 1. The van der Waals surface area contributed by atoms with Crippen LogP contribution in [0.1, 0.15) is 6.42 Å². The van der Waals surface area contributed by atoms with E-state index >= 15 is 0 Å². The van der Waals surface area contributed by atoms with Gasteiger partial charge in [0.25, 0.3) is 5.91 Å². The lowest BCUT2D eigenvalue weighted by Gasteiger charge is -2.30. The Bertz CT molecular complexity index is 1170. The molecule has 4 rings (SSSR count). The number of methoxy groups -OCH3 is 1. The minimum atomic E-state index is -0.426. The van der Waals surface area contributed by atoms with Crippen molar-refractivity contribution in [2.45, 2.75) is 6.42 Å². The summed E-state index contributed by atoms with van der Waals surface area (Å²) in [4.78, 5) is 26.6. The highest BCUT2D eigenvalue weighted by atomic mass is 35.5. The van der Waals surface area contributed by atoms with Crippen molar-refractivity contribution < 1.29 is 23.8 Å². The number of halogens is 1. The molecule has 9 heteroatoms. The Morgan fingerprint density at radius 2 is 1.76 bits per heavy atom. The molecule has 34 heavy (non-hydrogen) atoms. The molecule has 8 nitrogen and oxygen atoms in total. The van der Waals surface area contributed by atoms with Crippen molar-refractivity contribution in [2.75, 3.05) is 42.4 Å². The van der Waals surface area contributed by atoms with E-state index in [4.69, 9.17) is 25.8 Å². The number of carbonyl (C=O) groups excluding carboxylic acids is 2. The summed E-state index contributed by atoms with van der Waals surface area (Å²) in [6.45, 7) is 0.851. The van der Waals surface area contributed by atoms with Gasteiger partial charge in [0.2, 0.25) is 0 Å². The van der Waals surface area contributed by atoms with Crippen LogP contribution in [0.15, 0.2) is 66.7 Å². The van der Waals surface area contributed by atoms with Gasteiger partial charge in [-0.15, -0.1) is 0 Å². The average molecular weight is 482 g/mol. The Labute approximate surface area is 202 Å². The van der Waals surface area contributed by atoms with Crippen molar-refractivity contribution in [3.05, 3.63) is 71.8 Å². The van der Waals surface area contributed by atoms with Gasteiger partial charge in [-0.2, -0.15) is 0 Å². The quantitative estimate of drug-likeness (QED) is 0.432. The van der Waals surface area contributed by atoms with Gasteiger partial charge in [0, 0.05) is 22.9 Å². The molecule has 0 unspecified atom stereocenters. The van der Waals surface area contributed by atoms with Gasteiger partial charge in [0.05, 0.1) is 19.4 Å². The first kappa shape index (κ1) is 23.3. The first-order chi connectivity index (χ1) is 16.5. The number of nitrogens with zero attached hydrogens (tertiary/aromatic N) is 1. The zero-order valence-electron chi connectivity index (χ0n) is 18.5. The van der Waals surface area contributed by atoms with E-state index in [0.717, 1.165) is 11.5 Å². The number of amides is 3. The first-order valence-corrected chi connectivity index (χ1v) is 11.1. The molecule has 3 aromatic carbocycles. The van der Waals surface area contributed by atoms with Crippen LogP contribution in [0.4, 0.5) is 21.9 Å². The summed E-state index contributed by atoms with van der Waals surface area (Å²) in [5, 5.41) is 6.02. The minimum absolute atomic E-state index is 0.0334. The molecule has 1 heterocycles. The average Bonchev–Trinajstić information content (AvgIpc) is 2.83. The van der Waals surface area contributed by atoms with Gasteiger partial charge < -0.3 is 29.7 Å². The third-order valence-corrected chi connectivity index (χ3v) is 5.33. The molecule has 0 bridgehead atoms. The predicted octanol–water partition coefficient (Wildman–Crippen LogP) is 5.19. The van der Waals surface area contributed by atoms with Crippen LogP contribution in [0.2, 0.25) is 5.02 Å². The largest absolute Gasteiger partial charge is 0.497 e. The van der Waals surface area contributed by atoms with Crippen molar-refractivity contribution in [2.24, 2.45) is 0 Å². The third kappa shape index (κ3) is 5.90. The maximum Gasteiger partial charge on any atom is 0.323 e. The molecule has 1 aliphatic heterocycles. The highest BCUT2D eigenvalue weighted by molar-refractivity contribution is 6.30. The van der Waals surface area contributed by atoms with Crippen molar-refractivity contribution in [1.82, 2.24) is 0 Å². The second-order valence-corrected chi connectivity index (χ2v) is 7.92. The van der Waals surface area contributed by atoms with Crippen molar-refractivity contribution in [1.29, 1.82) is 0 Å². The first-order valence-electron chi connectivity index (χ1n) is 10.7. The lowest BCUT2D eigenvalue weighted by Crippen LogP contribution is -2.39. The summed E-state index contributed by atoms with van der Waals surface area (Å²) in [6, 6.07) is 18.9. The summed E-state index contributed by atoms with van der Waals surface area (Å²) < 4.78 is 16.5. The van der Waals surface area contributed by atoms with E-state index < -0.39 is 6.03 Å². The number of carbonyl (C=O) groups is 2. The molecule has 176 valence electrons. The second-order valence-electron chi connectivity index (χ2n) is 7.48. The fraction of sp³-hybridized carbons (Fsp3) is 0.200. The van der Waals surface area contributed by atoms with Gasteiger partial charge in [-0.05, 0) is 67.1 Å². The summed E-state index contributed by atoms with van der Waals surface area (Å²) in [7, 11) is 1.61. The lowest BCUT2D eigenvalue weighted by molar-refractivity contribution is -0.121. The van der Waals surface area contributed by atoms with E-state index in [2.05, 4.69) is 10.6 Å². The van der Waals surface area contributed by atoms with E-state index in [1.54, 1.807) is 54.5 Å². The van der Waals surface area contributed by atoms with Crippen LogP contribution in [-0.4, -0.2) is 38.8 Å². The van der Waals surface area contributed by atoms with Crippen LogP contribution in [0.3, 0.4) is 0 Å². The Morgan fingerprint density at radius 1 is 1.03 bits per heavy atom. The Morgan fingerprint density at radius 3 is 2.50 bits per heavy atom. The molecule has 0 fully saturated rings. The minimum Gasteiger partial charge on any atom is -0.497 e. The number of ether oxygens (including phenoxy) is 3. The van der Waals surface area contributed by atoms with Crippen molar-refractivity contribution in [3.63, 3.8) is 0 Å². The maximum atomic E-state index is 12.5. The maximum absolute atomic E-state index is 12.5. The lowest BCUT2D eigenvalue weighted by atomic mass is 10.2. The fourth-order valence-electron chi connectivity index (χ4n) is 3.47. The van der Waals surface area contributed by atoms with Gasteiger partial charge in [-0.3, -0.25) is 4.79 Å². The number of hydrogen-bond acceptors (Lipinski definition) is 5. The topological polar surface area (TPSA) is 89.1 Å². The Kier molecular flexibility index (Phi) is 7.39. The predicted molar refractivity (Wildman–Crippen MR) is 131 cm³/mol. The van der Waals surface area contributed by atoms with E-state index in [9.17, 15) is 9.59 Å². The number of fused-ring (bicyclic) bond motifs is 1. The highest BCUT2D eigenvalue weighted by Crippen LogP contribution is 2.34. The van der Waals surface area contributed by atoms with E-state index in [-0.39, 0.29) is 12.5 Å². The van der Waals surface area contributed by atoms with E-state index in [0.29, 0.717) is 47.4 Å². The van der Waals surface area contributed by atoms with Crippen LogP contribution < -0.4 is 29.7 Å². The molecule has 0 saturated heterocycles. The van der Waals surface area contributed by atoms with Crippen LogP contribution in [-0.2, 0) is 4.79 Å². The van der Waals surface area contributed by atoms with Crippen molar-refractivity contribution >= 4 is 40.6 Å². The molecule has 0 aromatic heterocycles. The molecule has 1 aliphatic rings. The number of hydrogen-bond donors (Lipinski definition) is 2. The molecule has 0 spiro atoms. The van der Waals surface area contributed by atoms with Crippen LogP contribution in [0.25, 0.3) is 0 Å². The smallest absolute Gasteiger partial charge is 0.323 e. The molecule has 0 aliphatic carbocycles. The number of anilines is 3. The van der Waals surface area contributed by atoms with Crippen LogP contribution in [0, 0.1) is 0 Å². The summed E-state index contributed by atoms with van der Waals surface area (Å²) in [5.74, 6) is 1.91. The molecular weight excluding hydrogens is 458 g/mol. The Hall–Kier alpha value is -3.91. The third-order valence-electron chi connectivity index (χ3n) is 5.10. The van der Waals surface area contributed by atoms with Crippen molar-refractivity contribution in [3.8, 4) is 17.2 Å². The molecule has 0 radical (unpaired) electrons. The molecule has 0 atom stereocenters. The molecule has 2 N–H and O–H groups in total. The SMILES string of the molecule is COc1ccc(OCCCN2C(=O)COc3ccc(NC(=O)Nc4cccc(Cl)c4)cc32)cc1. The standard InChI is InChI=1S/C25H24ClN3O5/c1-32-20-7-9-21(10-8-20)33-13-3-12-29-22-15-19(6-11-23(22)34-16-24(29)30)28-25(31)27-18-5-2-4-17(26)14-18/h2,4-11,14-15H,3,12-13,16H2,1H3,(H2,27,28,31). The zero-order valence-corrected chi connectivity index (χ0v) is 19.3. The zero-order chi connectivity index (χ0) is 23.9. The molecular formula is C25H24ClN3O5. The summed E-state index contributed by atoms with van der Waals surface area (Å²) in [5.41, 5.74) is 1.69. The number of nitrogens with one attached hydrogen (secondary N) is 2. The second kappa shape index (κ2) is 10.8. The molecule has 0 saturated carbocycles. The van der Waals surface area contributed by atoms with Gasteiger partial charge in [0.1, 0.15) is 17.2 Å². The molecule has 3 amide bonds. The van der Waals surface area contributed by atoms with Gasteiger partial charge in [-0.1, -0.05) is 17.7 Å². The summed E-state index contributed by atoms with van der Waals surface area (Å²) >= 11 is 5.96. The highest BCUT2D eigenvalue weighted by Gasteiger charge is 2.25. The van der Waals surface area contributed by atoms with Gasteiger partial charge >= 0.3 is 6.03 Å². The molecule has 3 aromatic rings. The van der Waals surface area contributed by atoms with Gasteiger partial charge in [0.15, 0.2) is 6.61 Å². The van der Waals surface area contributed by atoms with E-state index in [1.165, 1.54) is 0 Å². The Balaban J connectivity index is 1.36. The fourth-order valence-corrected chi connectivity index (χ4v) is 3.66. The van der Waals surface area contributed by atoms with E-state index in [1.807, 2.05) is 24.3 Å². The number of benzene rings is 3. The normalized spacial score (nSPS) is 12.4.